The Morgan fingerprint density at radius 1 is 1.33 bits per heavy atom. The summed E-state index contributed by atoms with van der Waals surface area (Å²) in [5.41, 5.74) is 6.42. The fourth-order valence-electron chi connectivity index (χ4n) is 1.39. The number of halogens is 1. The molecule has 0 saturated heterocycles. The Labute approximate surface area is 114 Å². The van der Waals surface area contributed by atoms with E-state index in [-0.39, 0.29) is 36.8 Å². The summed E-state index contributed by atoms with van der Waals surface area (Å²) in [6, 6.07) is 9.05. The fraction of sp³-hybridized carbons (Fsp3) is 0.462. The van der Waals surface area contributed by atoms with Crippen molar-refractivity contribution in [3.05, 3.63) is 35.9 Å². The first-order valence-corrected chi connectivity index (χ1v) is 5.78. The van der Waals surface area contributed by atoms with Crippen molar-refractivity contribution < 1.29 is 9.90 Å². The van der Waals surface area contributed by atoms with Gasteiger partial charge in [0.2, 0.25) is 5.91 Å². The van der Waals surface area contributed by atoms with E-state index in [0.29, 0.717) is 0 Å². The van der Waals surface area contributed by atoms with Gasteiger partial charge in [0, 0.05) is 18.5 Å². The fourth-order valence-corrected chi connectivity index (χ4v) is 1.39. The molecular weight excluding hydrogens is 252 g/mol. The largest absolute Gasteiger partial charge is 0.387 e. The van der Waals surface area contributed by atoms with Crippen molar-refractivity contribution in [1.82, 2.24) is 5.32 Å². The lowest BCUT2D eigenvalue weighted by Crippen LogP contribution is -2.40. The Bertz CT molecular complexity index is 357. The zero-order valence-electron chi connectivity index (χ0n) is 10.7. The Kier molecular flexibility index (Phi) is 7.59. The average Bonchev–Trinajstić information content (AvgIpc) is 2.35. The molecule has 0 aromatic heterocycles. The summed E-state index contributed by atoms with van der Waals surface area (Å²) in [7, 11) is 0. The van der Waals surface area contributed by atoms with Crippen molar-refractivity contribution in [2.75, 3.05) is 6.54 Å². The Morgan fingerprint density at radius 3 is 2.39 bits per heavy atom. The molecule has 4 N–H and O–H groups in total. The molecule has 3 unspecified atom stereocenters. The van der Waals surface area contributed by atoms with Gasteiger partial charge in [-0.25, -0.2) is 0 Å². The van der Waals surface area contributed by atoms with E-state index in [2.05, 4.69) is 5.32 Å². The third-order valence-corrected chi connectivity index (χ3v) is 2.86. The first-order chi connectivity index (χ1) is 8.02. The highest BCUT2D eigenvalue weighted by molar-refractivity contribution is 5.85. The second-order valence-electron chi connectivity index (χ2n) is 4.32. The lowest BCUT2D eigenvalue weighted by molar-refractivity contribution is -0.125. The molecule has 0 spiro atoms. The number of rotatable bonds is 5. The summed E-state index contributed by atoms with van der Waals surface area (Å²) < 4.78 is 0. The Morgan fingerprint density at radius 2 is 1.89 bits per heavy atom. The average molecular weight is 273 g/mol. The minimum atomic E-state index is -0.680. The molecule has 0 heterocycles. The van der Waals surface area contributed by atoms with Crippen LogP contribution in [0.15, 0.2) is 30.3 Å². The zero-order chi connectivity index (χ0) is 12.8. The van der Waals surface area contributed by atoms with Gasteiger partial charge in [0.15, 0.2) is 0 Å². The van der Waals surface area contributed by atoms with Crippen LogP contribution in [-0.4, -0.2) is 23.6 Å². The van der Waals surface area contributed by atoms with Crippen molar-refractivity contribution in [2.45, 2.75) is 26.0 Å². The van der Waals surface area contributed by atoms with E-state index in [9.17, 15) is 9.90 Å². The quantitative estimate of drug-likeness (QED) is 0.755. The number of nitrogens with two attached hydrogens (primary N) is 1. The Balaban J connectivity index is 0.00000289. The minimum Gasteiger partial charge on any atom is -0.387 e. The number of nitrogens with one attached hydrogen (secondary N) is 1. The van der Waals surface area contributed by atoms with Gasteiger partial charge in [-0.15, -0.1) is 12.4 Å². The van der Waals surface area contributed by atoms with Gasteiger partial charge < -0.3 is 16.2 Å². The molecule has 1 rings (SSSR count). The lowest BCUT2D eigenvalue weighted by atomic mass is 10.0. The standard InChI is InChI=1S/C13H20N2O2.ClH/c1-9(10(2)14)13(17)15-8-12(16)11-6-4-3-5-7-11;/h3-7,9-10,12,16H,8,14H2,1-2H3,(H,15,17);1H. The minimum absolute atomic E-state index is 0. The van der Waals surface area contributed by atoms with Crippen LogP contribution in [0.2, 0.25) is 0 Å². The normalized spacial score (nSPS) is 15.1. The van der Waals surface area contributed by atoms with Crippen LogP contribution in [0, 0.1) is 5.92 Å². The topological polar surface area (TPSA) is 75.4 Å². The molecule has 0 radical (unpaired) electrons. The highest BCUT2D eigenvalue weighted by Gasteiger charge is 2.17. The SMILES string of the molecule is CC(N)C(C)C(=O)NCC(O)c1ccccc1.Cl. The van der Waals surface area contributed by atoms with E-state index in [1.165, 1.54) is 0 Å². The van der Waals surface area contributed by atoms with Gasteiger partial charge in [-0.2, -0.15) is 0 Å². The van der Waals surface area contributed by atoms with Gasteiger partial charge in [0.05, 0.1) is 6.10 Å². The predicted molar refractivity (Wildman–Crippen MR) is 74.5 cm³/mol. The van der Waals surface area contributed by atoms with Gasteiger partial charge in [0.25, 0.3) is 0 Å². The van der Waals surface area contributed by atoms with Crippen molar-refractivity contribution in [2.24, 2.45) is 11.7 Å². The third kappa shape index (κ3) is 5.04. The number of aliphatic hydroxyl groups excluding tert-OH is 1. The molecule has 3 atom stereocenters. The summed E-state index contributed by atoms with van der Waals surface area (Å²) in [6.45, 7) is 3.77. The summed E-state index contributed by atoms with van der Waals surface area (Å²) in [6.07, 6.45) is -0.680. The highest BCUT2D eigenvalue weighted by Crippen LogP contribution is 2.10. The first-order valence-electron chi connectivity index (χ1n) is 5.78. The summed E-state index contributed by atoms with van der Waals surface area (Å²) in [5, 5.41) is 12.5. The number of benzene rings is 1. The molecule has 0 fully saturated rings. The van der Waals surface area contributed by atoms with Crippen molar-refractivity contribution >= 4 is 18.3 Å². The maximum atomic E-state index is 11.6. The molecule has 0 aliphatic carbocycles. The lowest BCUT2D eigenvalue weighted by Gasteiger charge is -2.17. The van der Waals surface area contributed by atoms with E-state index >= 15 is 0 Å². The van der Waals surface area contributed by atoms with Crippen LogP contribution in [0.4, 0.5) is 0 Å². The third-order valence-electron chi connectivity index (χ3n) is 2.86. The van der Waals surface area contributed by atoms with Gasteiger partial charge in [-0.3, -0.25) is 4.79 Å². The second-order valence-corrected chi connectivity index (χ2v) is 4.32. The highest BCUT2D eigenvalue weighted by atomic mass is 35.5. The number of hydrogen-bond acceptors (Lipinski definition) is 3. The molecule has 1 aromatic rings. The summed E-state index contributed by atoms with van der Waals surface area (Å²) in [4.78, 5) is 11.6. The van der Waals surface area contributed by atoms with Gasteiger partial charge in [-0.1, -0.05) is 37.3 Å². The molecule has 0 bridgehead atoms. The zero-order valence-corrected chi connectivity index (χ0v) is 11.5. The number of carbonyl (C=O) groups excluding carboxylic acids is 1. The molecule has 0 aliphatic rings. The van der Waals surface area contributed by atoms with Crippen LogP contribution in [0.25, 0.3) is 0 Å². The van der Waals surface area contributed by atoms with E-state index in [1.54, 1.807) is 13.8 Å². The van der Waals surface area contributed by atoms with E-state index < -0.39 is 6.10 Å². The molecule has 5 heteroatoms. The summed E-state index contributed by atoms with van der Waals surface area (Å²) in [5.74, 6) is -0.382. The predicted octanol–water partition coefficient (Wildman–Crippen LogP) is 1.24. The van der Waals surface area contributed by atoms with Gasteiger partial charge >= 0.3 is 0 Å². The number of amides is 1. The van der Waals surface area contributed by atoms with Crippen LogP contribution < -0.4 is 11.1 Å². The van der Waals surface area contributed by atoms with Crippen LogP contribution in [0.1, 0.15) is 25.5 Å². The van der Waals surface area contributed by atoms with E-state index in [1.807, 2.05) is 30.3 Å². The van der Waals surface area contributed by atoms with E-state index in [0.717, 1.165) is 5.56 Å². The van der Waals surface area contributed by atoms with Crippen LogP contribution in [0.3, 0.4) is 0 Å². The van der Waals surface area contributed by atoms with Crippen LogP contribution in [0.5, 0.6) is 0 Å². The van der Waals surface area contributed by atoms with Crippen molar-refractivity contribution in [1.29, 1.82) is 0 Å². The second kappa shape index (κ2) is 8.08. The summed E-state index contributed by atoms with van der Waals surface area (Å²) >= 11 is 0. The maximum absolute atomic E-state index is 11.6. The molecule has 1 aromatic carbocycles. The molecule has 1 amide bonds. The molecular formula is C13H21ClN2O2. The molecule has 102 valence electrons. The van der Waals surface area contributed by atoms with Crippen LogP contribution in [-0.2, 0) is 4.79 Å². The number of aliphatic hydroxyl groups is 1. The Hall–Kier alpha value is -1.10. The molecule has 4 nitrogen and oxygen atoms in total. The number of hydrogen-bond donors (Lipinski definition) is 3. The van der Waals surface area contributed by atoms with Crippen molar-refractivity contribution in [3.8, 4) is 0 Å². The number of carbonyl (C=O) groups is 1. The first kappa shape index (κ1) is 16.9. The maximum Gasteiger partial charge on any atom is 0.224 e. The van der Waals surface area contributed by atoms with Crippen molar-refractivity contribution in [3.63, 3.8) is 0 Å². The molecule has 0 aliphatic heterocycles. The van der Waals surface area contributed by atoms with Gasteiger partial charge in [-0.05, 0) is 12.5 Å². The molecule has 18 heavy (non-hydrogen) atoms. The van der Waals surface area contributed by atoms with E-state index in [4.69, 9.17) is 5.73 Å². The van der Waals surface area contributed by atoms with Crippen LogP contribution >= 0.6 is 12.4 Å². The monoisotopic (exact) mass is 272 g/mol. The van der Waals surface area contributed by atoms with Gasteiger partial charge in [0.1, 0.15) is 0 Å². The molecule has 0 saturated carbocycles. The smallest absolute Gasteiger partial charge is 0.224 e.